The second kappa shape index (κ2) is 6.00. The van der Waals surface area contributed by atoms with Gasteiger partial charge in [-0.05, 0) is 6.92 Å². The van der Waals surface area contributed by atoms with Crippen molar-refractivity contribution >= 4 is 0 Å². The average molecular weight is 160 g/mol. The fourth-order valence-electron chi connectivity index (χ4n) is 0.0962. The van der Waals surface area contributed by atoms with Gasteiger partial charge in [0.05, 0.1) is 31.7 Å². The van der Waals surface area contributed by atoms with E-state index in [-0.39, 0.29) is 5.82 Å². The summed E-state index contributed by atoms with van der Waals surface area (Å²) in [5.74, 6) is 0.167. The smallest absolute Gasteiger partial charge is 0.0859 e. The molecule has 0 aliphatic carbocycles. The predicted molar refractivity (Wildman–Crippen MR) is 43.7 cm³/mol. The van der Waals surface area contributed by atoms with Gasteiger partial charge in [-0.25, -0.2) is 0 Å². The highest BCUT2D eigenvalue weighted by atomic mass is 16.6. The van der Waals surface area contributed by atoms with Crippen molar-refractivity contribution in [2.45, 2.75) is 13.0 Å². The predicted octanol–water partition coefficient (Wildman–Crippen LogP) is -0.203. The third-order valence-corrected chi connectivity index (χ3v) is 0.704. The zero-order chi connectivity index (χ0) is 8.69. The topological polar surface area (TPSA) is 77.1 Å². The van der Waals surface area contributed by atoms with E-state index in [1.165, 1.54) is 0 Å². The van der Waals surface area contributed by atoms with E-state index in [4.69, 9.17) is 16.2 Å². The summed E-state index contributed by atoms with van der Waals surface area (Å²) in [5, 5.41) is 0. The van der Waals surface area contributed by atoms with Crippen LogP contribution in [-0.2, 0) is 9.47 Å². The van der Waals surface area contributed by atoms with Gasteiger partial charge in [0.25, 0.3) is 0 Å². The Morgan fingerprint density at radius 1 is 1.45 bits per heavy atom. The lowest BCUT2D eigenvalue weighted by molar-refractivity contribution is 0.423. The van der Waals surface area contributed by atoms with Crippen LogP contribution < -0.4 is 11.5 Å². The molecule has 1 atom stereocenters. The number of ether oxygens (including phenoxy) is 2. The van der Waals surface area contributed by atoms with Gasteiger partial charge in [0.1, 0.15) is 0 Å². The highest BCUT2D eigenvalue weighted by Crippen LogP contribution is 2.04. The van der Waals surface area contributed by atoms with E-state index >= 15 is 0 Å². The van der Waals surface area contributed by atoms with E-state index in [0.29, 0.717) is 6.10 Å². The standard InChI is InChI=1S/C3H6O.C2H6N2.C2H4O/c1-3-2-4-3;1-2(3)4;1-2-3-1/h3H,2H2,1H3;1,3-4H2;1-2H2. The third-order valence-electron chi connectivity index (χ3n) is 0.704. The summed E-state index contributed by atoms with van der Waals surface area (Å²) >= 11 is 0. The summed E-state index contributed by atoms with van der Waals surface area (Å²) in [7, 11) is 0. The van der Waals surface area contributed by atoms with Crippen LogP contribution in [0.4, 0.5) is 0 Å². The van der Waals surface area contributed by atoms with Crippen LogP contribution in [0.5, 0.6) is 0 Å². The number of hydrogen-bond acceptors (Lipinski definition) is 4. The van der Waals surface area contributed by atoms with Crippen molar-refractivity contribution in [2.24, 2.45) is 11.5 Å². The Balaban J connectivity index is 0.000000137. The maximum atomic E-state index is 4.71. The molecular weight excluding hydrogens is 144 g/mol. The summed E-state index contributed by atoms with van der Waals surface area (Å²) in [4.78, 5) is 0. The zero-order valence-corrected chi connectivity index (χ0v) is 6.88. The average Bonchev–Trinajstić information content (AvgIpc) is 2.58. The Bertz CT molecular complexity index is 104. The lowest BCUT2D eigenvalue weighted by atomic mass is 10.6. The fraction of sp³-hybridized carbons (Fsp3) is 0.714. The number of rotatable bonds is 0. The van der Waals surface area contributed by atoms with Crippen LogP contribution in [-0.4, -0.2) is 25.9 Å². The van der Waals surface area contributed by atoms with Gasteiger partial charge in [0, 0.05) is 0 Å². The molecule has 2 saturated heterocycles. The number of hydrogen-bond donors (Lipinski definition) is 2. The van der Waals surface area contributed by atoms with E-state index in [1.54, 1.807) is 0 Å². The molecule has 66 valence electrons. The van der Waals surface area contributed by atoms with E-state index in [0.717, 1.165) is 19.8 Å². The Morgan fingerprint density at radius 2 is 1.64 bits per heavy atom. The molecule has 2 heterocycles. The van der Waals surface area contributed by atoms with Crippen LogP contribution in [0.25, 0.3) is 0 Å². The summed E-state index contributed by atoms with van der Waals surface area (Å²) in [6.07, 6.45) is 0.583. The summed E-state index contributed by atoms with van der Waals surface area (Å²) in [5.41, 5.74) is 9.39. The molecule has 0 bridgehead atoms. The van der Waals surface area contributed by atoms with Crippen LogP contribution in [0.2, 0.25) is 0 Å². The Hall–Kier alpha value is -0.740. The Kier molecular flexibility index (Phi) is 5.60. The minimum Gasteiger partial charge on any atom is -0.386 e. The molecule has 0 aromatic carbocycles. The third kappa shape index (κ3) is 45.9. The second-order valence-electron chi connectivity index (χ2n) is 2.33. The minimum atomic E-state index is 0.167. The lowest BCUT2D eigenvalue weighted by Gasteiger charge is -1.72. The largest absolute Gasteiger partial charge is 0.386 e. The van der Waals surface area contributed by atoms with Crippen molar-refractivity contribution in [1.82, 2.24) is 0 Å². The van der Waals surface area contributed by atoms with Crippen molar-refractivity contribution in [3.8, 4) is 0 Å². The van der Waals surface area contributed by atoms with Gasteiger partial charge in [-0.2, -0.15) is 0 Å². The molecule has 2 aliphatic heterocycles. The summed E-state index contributed by atoms with van der Waals surface area (Å²) in [6.45, 7) is 8.15. The van der Waals surface area contributed by atoms with Gasteiger partial charge in [-0.3, -0.25) is 0 Å². The molecule has 4 N–H and O–H groups in total. The van der Waals surface area contributed by atoms with Gasteiger partial charge >= 0.3 is 0 Å². The van der Waals surface area contributed by atoms with Crippen molar-refractivity contribution in [3.63, 3.8) is 0 Å². The van der Waals surface area contributed by atoms with Crippen molar-refractivity contribution in [3.05, 3.63) is 12.4 Å². The highest BCUT2D eigenvalue weighted by molar-refractivity contribution is 4.73. The Labute approximate surface area is 67.1 Å². The van der Waals surface area contributed by atoms with Crippen molar-refractivity contribution in [2.75, 3.05) is 19.8 Å². The van der Waals surface area contributed by atoms with E-state index in [1.807, 2.05) is 0 Å². The molecule has 11 heavy (non-hydrogen) atoms. The van der Waals surface area contributed by atoms with Gasteiger partial charge in [-0.15, -0.1) is 0 Å². The molecule has 1 unspecified atom stereocenters. The molecule has 4 nitrogen and oxygen atoms in total. The first-order valence-corrected chi connectivity index (χ1v) is 3.52. The van der Waals surface area contributed by atoms with Crippen LogP contribution in [0.1, 0.15) is 6.92 Å². The molecule has 2 aliphatic rings. The molecule has 2 fully saturated rings. The zero-order valence-electron chi connectivity index (χ0n) is 6.88. The molecule has 0 spiro atoms. The van der Waals surface area contributed by atoms with Gasteiger partial charge in [0.15, 0.2) is 0 Å². The molecule has 0 radical (unpaired) electrons. The highest BCUT2D eigenvalue weighted by Gasteiger charge is 2.13. The van der Waals surface area contributed by atoms with Gasteiger partial charge in [0.2, 0.25) is 0 Å². The van der Waals surface area contributed by atoms with Gasteiger partial charge in [-0.1, -0.05) is 6.58 Å². The number of nitrogens with two attached hydrogens (primary N) is 2. The van der Waals surface area contributed by atoms with Gasteiger partial charge < -0.3 is 20.9 Å². The monoisotopic (exact) mass is 160 g/mol. The molecule has 0 amide bonds. The summed E-state index contributed by atoms with van der Waals surface area (Å²) < 4.78 is 9.21. The van der Waals surface area contributed by atoms with Crippen LogP contribution in [0.3, 0.4) is 0 Å². The van der Waals surface area contributed by atoms with Crippen molar-refractivity contribution < 1.29 is 9.47 Å². The molecule has 2 rings (SSSR count). The maximum Gasteiger partial charge on any atom is 0.0859 e. The minimum absolute atomic E-state index is 0.167. The fourth-order valence-corrected chi connectivity index (χ4v) is 0.0962. The molecule has 0 aromatic rings. The molecule has 0 aromatic heterocycles. The normalized spacial score (nSPS) is 23.2. The Morgan fingerprint density at radius 3 is 1.64 bits per heavy atom. The van der Waals surface area contributed by atoms with Crippen LogP contribution in [0, 0.1) is 0 Å². The lowest BCUT2D eigenvalue weighted by Crippen LogP contribution is -2.04. The quantitative estimate of drug-likeness (QED) is 0.481. The molecular formula is C7H16N2O2. The van der Waals surface area contributed by atoms with Crippen LogP contribution >= 0.6 is 0 Å². The van der Waals surface area contributed by atoms with Crippen LogP contribution in [0.15, 0.2) is 12.4 Å². The van der Waals surface area contributed by atoms with E-state index in [2.05, 4.69) is 18.2 Å². The molecule has 0 saturated carbocycles. The first-order valence-electron chi connectivity index (χ1n) is 3.52. The maximum absolute atomic E-state index is 4.71. The molecule has 4 heteroatoms. The van der Waals surface area contributed by atoms with Crippen molar-refractivity contribution in [1.29, 1.82) is 0 Å². The van der Waals surface area contributed by atoms with E-state index in [9.17, 15) is 0 Å². The number of epoxide rings is 2. The van der Waals surface area contributed by atoms with E-state index < -0.39 is 0 Å². The summed E-state index contributed by atoms with van der Waals surface area (Å²) in [6, 6.07) is 0. The second-order valence-corrected chi connectivity index (χ2v) is 2.33. The first-order chi connectivity index (χ1) is 5.13. The first kappa shape index (κ1) is 10.3. The SMILES string of the molecule is C1CO1.C=C(N)N.CC1CO1.